The van der Waals surface area contributed by atoms with E-state index in [1.807, 2.05) is 30.1 Å². The Morgan fingerprint density at radius 3 is 2.68 bits per heavy atom. The van der Waals surface area contributed by atoms with Crippen molar-refractivity contribution in [2.45, 2.75) is 31.2 Å². The Labute approximate surface area is 135 Å². The second-order valence-corrected chi connectivity index (χ2v) is 7.45. The Morgan fingerprint density at radius 1 is 1.14 bits per heavy atom. The molecule has 0 bridgehead atoms. The van der Waals surface area contributed by atoms with Gasteiger partial charge in [0.15, 0.2) is 5.17 Å². The van der Waals surface area contributed by atoms with Gasteiger partial charge in [0.05, 0.1) is 11.7 Å². The summed E-state index contributed by atoms with van der Waals surface area (Å²) in [5.41, 5.74) is 3.68. The number of amidine groups is 1. The highest BCUT2D eigenvalue weighted by Crippen LogP contribution is 2.47. The van der Waals surface area contributed by atoms with E-state index < -0.39 is 0 Å². The van der Waals surface area contributed by atoms with E-state index in [4.69, 9.17) is 4.99 Å². The van der Waals surface area contributed by atoms with Gasteiger partial charge >= 0.3 is 0 Å². The van der Waals surface area contributed by atoms with Gasteiger partial charge in [-0.15, -0.1) is 0 Å². The van der Waals surface area contributed by atoms with Crippen molar-refractivity contribution in [2.75, 3.05) is 6.54 Å². The van der Waals surface area contributed by atoms with Gasteiger partial charge in [-0.1, -0.05) is 54.6 Å². The lowest BCUT2D eigenvalue weighted by atomic mass is 9.96. The summed E-state index contributed by atoms with van der Waals surface area (Å²) in [5.74, 6) is 0. The minimum atomic E-state index is 0.0962. The molecule has 0 unspecified atom stereocenters. The fourth-order valence-electron chi connectivity index (χ4n) is 3.24. The normalized spacial score (nSPS) is 26.9. The number of benzene rings is 1. The van der Waals surface area contributed by atoms with Crippen LogP contribution in [-0.2, 0) is 0 Å². The SMILES string of the molecule is Cc1ccc([C@H]2[C@@H](c3ccccn3)N=C3S[C@@H](C)CN32)cc1. The zero-order valence-electron chi connectivity index (χ0n) is 12.8. The predicted octanol–water partition coefficient (Wildman–Crippen LogP) is 3.98. The van der Waals surface area contributed by atoms with E-state index in [9.17, 15) is 0 Å². The van der Waals surface area contributed by atoms with Gasteiger partial charge in [0, 0.05) is 18.0 Å². The van der Waals surface area contributed by atoms with E-state index in [0.717, 1.165) is 12.2 Å². The topological polar surface area (TPSA) is 28.5 Å². The molecule has 1 aromatic carbocycles. The van der Waals surface area contributed by atoms with Gasteiger partial charge in [-0.3, -0.25) is 9.98 Å². The average Bonchev–Trinajstić information content (AvgIpc) is 3.05. The Bertz CT molecular complexity index is 696. The van der Waals surface area contributed by atoms with E-state index >= 15 is 0 Å². The first-order valence-electron chi connectivity index (χ1n) is 7.71. The Balaban J connectivity index is 1.76. The molecule has 2 aliphatic rings. The van der Waals surface area contributed by atoms with Crippen LogP contribution in [0.1, 0.15) is 35.8 Å². The number of hydrogen-bond donors (Lipinski definition) is 0. The summed E-state index contributed by atoms with van der Waals surface area (Å²) >= 11 is 1.88. The standard InChI is InChI=1S/C18H19N3S/c1-12-6-8-14(9-7-12)17-16(15-5-3-4-10-19-15)20-18-21(17)11-13(2)22-18/h3-10,13,16-17H,11H2,1-2H3/t13-,16+,17-/m0/s1. The molecule has 112 valence electrons. The summed E-state index contributed by atoms with van der Waals surface area (Å²) < 4.78 is 0. The molecule has 0 spiro atoms. The molecular formula is C18H19N3S. The smallest absolute Gasteiger partial charge is 0.160 e. The van der Waals surface area contributed by atoms with Crippen LogP contribution in [0.2, 0.25) is 0 Å². The molecular weight excluding hydrogens is 290 g/mol. The zero-order valence-corrected chi connectivity index (χ0v) is 13.6. The van der Waals surface area contributed by atoms with Crippen molar-refractivity contribution in [3.05, 3.63) is 65.5 Å². The molecule has 0 amide bonds. The molecule has 22 heavy (non-hydrogen) atoms. The summed E-state index contributed by atoms with van der Waals surface area (Å²) in [6, 6.07) is 15.3. The van der Waals surface area contributed by atoms with Crippen molar-refractivity contribution < 1.29 is 0 Å². The number of rotatable bonds is 2. The highest BCUT2D eigenvalue weighted by Gasteiger charge is 2.43. The van der Waals surface area contributed by atoms with Gasteiger partial charge in [-0.05, 0) is 24.6 Å². The lowest BCUT2D eigenvalue weighted by Gasteiger charge is -2.27. The third-order valence-electron chi connectivity index (χ3n) is 4.30. The summed E-state index contributed by atoms with van der Waals surface area (Å²) in [6.07, 6.45) is 1.86. The number of pyridine rings is 1. The van der Waals surface area contributed by atoms with Crippen molar-refractivity contribution in [2.24, 2.45) is 4.99 Å². The Morgan fingerprint density at radius 2 is 1.95 bits per heavy atom. The molecule has 1 saturated heterocycles. The summed E-state index contributed by atoms with van der Waals surface area (Å²) in [7, 11) is 0. The van der Waals surface area contributed by atoms with Crippen LogP contribution in [0, 0.1) is 6.92 Å². The number of hydrogen-bond acceptors (Lipinski definition) is 4. The fraction of sp³-hybridized carbons (Fsp3) is 0.333. The zero-order chi connectivity index (χ0) is 15.1. The van der Waals surface area contributed by atoms with E-state index in [2.05, 4.69) is 54.1 Å². The molecule has 1 fully saturated rings. The first-order chi connectivity index (χ1) is 10.7. The third kappa shape index (κ3) is 2.31. The number of fused-ring (bicyclic) bond motifs is 1. The van der Waals surface area contributed by atoms with Crippen molar-refractivity contribution in [1.29, 1.82) is 0 Å². The van der Waals surface area contributed by atoms with Gasteiger partial charge in [0.2, 0.25) is 0 Å². The number of nitrogens with zero attached hydrogens (tertiary/aromatic N) is 3. The molecule has 1 aromatic heterocycles. The average molecular weight is 309 g/mol. The lowest BCUT2D eigenvalue weighted by molar-refractivity contribution is 0.321. The molecule has 2 aromatic rings. The van der Waals surface area contributed by atoms with Gasteiger partial charge in [0.25, 0.3) is 0 Å². The predicted molar refractivity (Wildman–Crippen MR) is 92.1 cm³/mol. The third-order valence-corrected chi connectivity index (χ3v) is 5.40. The lowest BCUT2D eigenvalue weighted by Crippen LogP contribution is -2.28. The van der Waals surface area contributed by atoms with Crippen molar-refractivity contribution in [3.8, 4) is 0 Å². The fourth-order valence-corrected chi connectivity index (χ4v) is 4.33. The van der Waals surface area contributed by atoms with Crippen LogP contribution in [0.15, 0.2) is 53.7 Å². The van der Waals surface area contributed by atoms with E-state index in [1.165, 1.54) is 16.3 Å². The van der Waals surface area contributed by atoms with E-state index in [0.29, 0.717) is 5.25 Å². The van der Waals surface area contributed by atoms with Crippen molar-refractivity contribution in [1.82, 2.24) is 9.88 Å². The van der Waals surface area contributed by atoms with E-state index in [-0.39, 0.29) is 12.1 Å². The Hall–Kier alpha value is -1.81. The number of aromatic nitrogens is 1. The quantitative estimate of drug-likeness (QED) is 0.840. The molecule has 2 aliphatic heterocycles. The van der Waals surface area contributed by atoms with E-state index in [1.54, 1.807) is 0 Å². The van der Waals surface area contributed by atoms with Crippen LogP contribution in [0.25, 0.3) is 0 Å². The van der Waals surface area contributed by atoms with Gasteiger partial charge in [-0.2, -0.15) is 0 Å². The van der Waals surface area contributed by atoms with Crippen LogP contribution < -0.4 is 0 Å². The van der Waals surface area contributed by atoms with Crippen molar-refractivity contribution >= 4 is 16.9 Å². The molecule has 0 N–H and O–H groups in total. The highest BCUT2D eigenvalue weighted by molar-refractivity contribution is 8.14. The summed E-state index contributed by atoms with van der Waals surface area (Å²) in [5, 5.41) is 1.78. The molecule has 3 nitrogen and oxygen atoms in total. The minimum Gasteiger partial charge on any atom is -0.341 e. The molecule has 3 atom stereocenters. The monoisotopic (exact) mass is 309 g/mol. The maximum Gasteiger partial charge on any atom is 0.160 e. The van der Waals surface area contributed by atoms with Crippen LogP contribution >= 0.6 is 11.8 Å². The molecule has 0 saturated carbocycles. The van der Waals surface area contributed by atoms with Crippen LogP contribution in [0.5, 0.6) is 0 Å². The largest absolute Gasteiger partial charge is 0.341 e. The number of aliphatic imine (C=N–C) groups is 1. The maximum absolute atomic E-state index is 4.99. The van der Waals surface area contributed by atoms with Crippen molar-refractivity contribution in [3.63, 3.8) is 0 Å². The van der Waals surface area contributed by atoms with Gasteiger partial charge in [-0.25, -0.2) is 0 Å². The summed E-state index contributed by atoms with van der Waals surface area (Å²) in [6.45, 7) is 5.46. The maximum atomic E-state index is 4.99. The highest BCUT2D eigenvalue weighted by atomic mass is 32.2. The molecule has 4 rings (SSSR count). The van der Waals surface area contributed by atoms with Gasteiger partial charge in [0.1, 0.15) is 6.04 Å². The first-order valence-corrected chi connectivity index (χ1v) is 8.59. The number of aryl methyl sites for hydroxylation is 1. The van der Waals surface area contributed by atoms with Crippen LogP contribution in [0.3, 0.4) is 0 Å². The first kappa shape index (κ1) is 13.8. The Kier molecular flexibility index (Phi) is 3.41. The second-order valence-electron chi connectivity index (χ2n) is 6.05. The summed E-state index contributed by atoms with van der Waals surface area (Å²) in [4.78, 5) is 12.0. The number of thioether (sulfide) groups is 1. The minimum absolute atomic E-state index is 0.0962. The molecule has 3 heterocycles. The molecule has 4 heteroatoms. The van der Waals surface area contributed by atoms with Crippen LogP contribution in [-0.4, -0.2) is 26.8 Å². The second kappa shape index (κ2) is 5.43. The molecule has 0 aliphatic carbocycles. The van der Waals surface area contributed by atoms with Gasteiger partial charge < -0.3 is 4.90 Å². The van der Waals surface area contributed by atoms with Crippen LogP contribution in [0.4, 0.5) is 0 Å². The molecule has 0 radical (unpaired) electrons.